The van der Waals surface area contributed by atoms with Crippen molar-refractivity contribution in [2.24, 2.45) is 0 Å². The third kappa shape index (κ3) is 4.02. The number of aliphatic hydroxyl groups is 1. The van der Waals surface area contributed by atoms with Crippen LogP contribution in [0, 0.1) is 0 Å². The first kappa shape index (κ1) is 20.6. The molecule has 1 amide bonds. The Morgan fingerprint density at radius 1 is 1.10 bits per heavy atom. The van der Waals surface area contributed by atoms with Gasteiger partial charge in [-0.25, -0.2) is 0 Å². The fraction of sp³-hybridized carbons (Fsp3) is 0.125. The normalized spacial score (nSPS) is 17.7. The van der Waals surface area contributed by atoms with Gasteiger partial charge in [0.1, 0.15) is 11.5 Å². The minimum atomic E-state index is -0.787. The smallest absolute Gasteiger partial charge is 0.296 e. The van der Waals surface area contributed by atoms with E-state index in [1.54, 1.807) is 66.9 Å². The van der Waals surface area contributed by atoms with Crippen LogP contribution in [-0.4, -0.2) is 33.8 Å². The Hall–Kier alpha value is -3.64. The molecule has 0 aliphatic carbocycles. The van der Waals surface area contributed by atoms with E-state index in [0.29, 0.717) is 27.6 Å². The van der Waals surface area contributed by atoms with Crippen molar-refractivity contribution in [3.63, 3.8) is 0 Å². The van der Waals surface area contributed by atoms with Crippen LogP contribution >= 0.6 is 11.6 Å². The van der Waals surface area contributed by atoms with Gasteiger partial charge in [-0.3, -0.25) is 14.6 Å². The molecule has 3 aromatic rings. The first-order valence-corrected chi connectivity index (χ1v) is 9.95. The number of pyridine rings is 1. The van der Waals surface area contributed by atoms with E-state index < -0.39 is 17.7 Å². The lowest BCUT2D eigenvalue weighted by molar-refractivity contribution is -0.140. The predicted molar refractivity (Wildman–Crippen MR) is 117 cm³/mol. The number of hydrogen-bond acceptors (Lipinski definition) is 5. The lowest BCUT2D eigenvalue weighted by atomic mass is 9.95. The summed E-state index contributed by atoms with van der Waals surface area (Å²) in [6.45, 7) is 0.119. The number of halogens is 1. The number of Topliss-reactive ketones (excluding diaryl/α,β-unsaturated/α-hetero) is 1. The Bertz CT molecular complexity index is 1160. The van der Waals surface area contributed by atoms with Crippen molar-refractivity contribution in [3.8, 4) is 5.75 Å². The molecule has 1 aliphatic heterocycles. The number of ether oxygens (including phenoxy) is 1. The highest BCUT2D eigenvalue weighted by molar-refractivity contribution is 6.46. The summed E-state index contributed by atoms with van der Waals surface area (Å²) in [5.74, 6) is -1.19. The molecule has 156 valence electrons. The average molecular weight is 435 g/mol. The van der Waals surface area contributed by atoms with Crippen molar-refractivity contribution in [2.45, 2.75) is 12.6 Å². The number of aliphatic hydroxyl groups excluding tert-OH is 1. The topological polar surface area (TPSA) is 79.7 Å². The number of aromatic nitrogens is 1. The molecular weight excluding hydrogens is 416 g/mol. The van der Waals surface area contributed by atoms with Crippen molar-refractivity contribution < 1.29 is 19.4 Å². The van der Waals surface area contributed by atoms with Crippen molar-refractivity contribution in [3.05, 3.63) is 100 Å². The number of likely N-dealkylation sites (tertiary alicyclic amines) is 1. The second-order valence-corrected chi connectivity index (χ2v) is 7.47. The number of ketones is 1. The molecule has 1 fully saturated rings. The number of nitrogens with zero attached hydrogens (tertiary/aromatic N) is 2. The van der Waals surface area contributed by atoms with Gasteiger partial charge in [0.05, 0.1) is 31.0 Å². The number of amides is 1. The second kappa shape index (κ2) is 8.62. The van der Waals surface area contributed by atoms with Crippen LogP contribution in [0.2, 0.25) is 5.02 Å². The highest BCUT2D eigenvalue weighted by Gasteiger charge is 2.46. The van der Waals surface area contributed by atoms with E-state index in [-0.39, 0.29) is 17.9 Å². The maximum Gasteiger partial charge on any atom is 0.296 e. The molecule has 6 nitrogen and oxygen atoms in total. The Balaban J connectivity index is 1.86. The summed E-state index contributed by atoms with van der Waals surface area (Å²) in [5.41, 5.74) is 1.68. The molecule has 7 heteroatoms. The predicted octanol–water partition coefficient (Wildman–Crippen LogP) is 4.37. The van der Waals surface area contributed by atoms with Crippen LogP contribution in [0.25, 0.3) is 5.76 Å². The van der Waals surface area contributed by atoms with Crippen LogP contribution < -0.4 is 4.74 Å². The van der Waals surface area contributed by atoms with Crippen LogP contribution in [0.15, 0.2) is 78.5 Å². The summed E-state index contributed by atoms with van der Waals surface area (Å²) in [6, 6.07) is 18.1. The quantitative estimate of drug-likeness (QED) is 0.366. The van der Waals surface area contributed by atoms with E-state index in [9.17, 15) is 14.7 Å². The van der Waals surface area contributed by atoms with Gasteiger partial charge in [-0.05, 0) is 42.0 Å². The number of methoxy groups -OCH3 is 1. The van der Waals surface area contributed by atoms with Crippen LogP contribution in [0.1, 0.15) is 22.9 Å². The largest absolute Gasteiger partial charge is 0.507 e. The van der Waals surface area contributed by atoms with E-state index in [0.717, 1.165) is 0 Å². The minimum Gasteiger partial charge on any atom is -0.507 e. The number of rotatable bonds is 5. The molecule has 2 aromatic carbocycles. The minimum absolute atomic E-state index is 0.0107. The Morgan fingerprint density at radius 2 is 1.87 bits per heavy atom. The molecule has 0 radical (unpaired) electrons. The summed E-state index contributed by atoms with van der Waals surface area (Å²) in [7, 11) is 1.51. The lowest BCUT2D eigenvalue weighted by Gasteiger charge is -2.25. The molecule has 1 N–H and O–H groups in total. The molecule has 0 spiro atoms. The van der Waals surface area contributed by atoms with Gasteiger partial charge in [-0.15, -0.1) is 0 Å². The average Bonchev–Trinajstić information content (AvgIpc) is 3.05. The van der Waals surface area contributed by atoms with Gasteiger partial charge in [0.15, 0.2) is 0 Å². The molecule has 1 aliphatic rings. The van der Waals surface area contributed by atoms with Crippen LogP contribution in [0.3, 0.4) is 0 Å². The molecule has 1 atom stereocenters. The summed E-state index contributed by atoms with van der Waals surface area (Å²) in [4.78, 5) is 31.7. The lowest BCUT2D eigenvalue weighted by Crippen LogP contribution is -2.29. The first-order chi connectivity index (χ1) is 15.0. The maximum absolute atomic E-state index is 13.0. The zero-order valence-electron chi connectivity index (χ0n) is 16.7. The Kier molecular flexibility index (Phi) is 5.73. The SMILES string of the molecule is COc1cccc(/C(O)=C2/C(=O)C(=O)N(Cc3ccccn3)C2c2ccc(Cl)cc2)c1. The van der Waals surface area contributed by atoms with E-state index in [1.807, 2.05) is 6.07 Å². The second-order valence-electron chi connectivity index (χ2n) is 7.03. The third-order valence-electron chi connectivity index (χ3n) is 5.13. The highest BCUT2D eigenvalue weighted by Crippen LogP contribution is 2.40. The van der Waals surface area contributed by atoms with Crippen molar-refractivity contribution in [1.82, 2.24) is 9.88 Å². The van der Waals surface area contributed by atoms with Crippen LogP contribution in [0.5, 0.6) is 5.75 Å². The van der Waals surface area contributed by atoms with Crippen molar-refractivity contribution in [2.75, 3.05) is 7.11 Å². The first-order valence-electron chi connectivity index (χ1n) is 9.58. The van der Waals surface area contributed by atoms with E-state index in [1.165, 1.54) is 12.0 Å². The van der Waals surface area contributed by atoms with Crippen molar-refractivity contribution >= 4 is 29.1 Å². The zero-order chi connectivity index (χ0) is 22.0. The Labute approximate surface area is 184 Å². The summed E-state index contributed by atoms with van der Waals surface area (Å²) < 4.78 is 5.22. The van der Waals surface area contributed by atoms with E-state index in [4.69, 9.17) is 16.3 Å². The van der Waals surface area contributed by atoms with Gasteiger partial charge in [-0.1, -0.05) is 41.9 Å². The van der Waals surface area contributed by atoms with Gasteiger partial charge < -0.3 is 14.7 Å². The highest BCUT2D eigenvalue weighted by atomic mass is 35.5. The standard InChI is InChI=1S/C24H19ClN2O4/c1-31-19-7-4-5-16(13-19)22(28)20-21(15-8-10-17(25)11-9-15)27(24(30)23(20)29)14-18-6-2-3-12-26-18/h2-13,21,28H,14H2,1H3/b22-20-. The molecule has 4 rings (SSSR count). The van der Waals surface area contributed by atoms with E-state index >= 15 is 0 Å². The summed E-state index contributed by atoms with van der Waals surface area (Å²) in [6.07, 6.45) is 1.62. The molecule has 0 bridgehead atoms. The van der Waals surface area contributed by atoms with Gasteiger partial charge in [0, 0.05) is 16.8 Å². The molecular formula is C24H19ClN2O4. The monoisotopic (exact) mass is 434 g/mol. The number of carbonyl (C=O) groups is 2. The van der Waals surface area contributed by atoms with Gasteiger partial charge >= 0.3 is 0 Å². The number of carbonyl (C=O) groups excluding carboxylic acids is 2. The molecule has 31 heavy (non-hydrogen) atoms. The van der Waals surface area contributed by atoms with Crippen LogP contribution in [0.4, 0.5) is 0 Å². The van der Waals surface area contributed by atoms with Gasteiger partial charge in [-0.2, -0.15) is 0 Å². The molecule has 1 aromatic heterocycles. The maximum atomic E-state index is 13.0. The third-order valence-corrected chi connectivity index (χ3v) is 5.38. The summed E-state index contributed by atoms with van der Waals surface area (Å²) in [5, 5.41) is 11.6. The summed E-state index contributed by atoms with van der Waals surface area (Å²) >= 11 is 6.04. The zero-order valence-corrected chi connectivity index (χ0v) is 17.4. The molecule has 0 saturated carbocycles. The van der Waals surface area contributed by atoms with Gasteiger partial charge in [0.25, 0.3) is 11.7 Å². The fourth-order valence-electron chi connectivity index (χ4n) is 3.63. The molecule has 2 heterocycles. The van der Waals surface area contributed by atoms with E-state index in [2.05, 4.69) is 4.98 Å². The Morgan fingerprint density at radius 3 is 2.55 bits per heavy atom. The van der Waals surface area contributed by atoms with Gasteiger partial charge in [0.2, 0.25) is 0 Å². The molecule has 1 unspecified atom stereocenters. The number of benzene rings is 2. The van der Waals surface area contributed by atoms with Crippen LogP contribution in [-0.2, 0) is 16.1 Å². The fourth-order valence-corrected chi connectivity index (χ4v) is 3.75. The number of hydrogen-bond donors (Lipinski definition) is 1. The molecule has 1 saturated heterocycles. The van der Waals surface area contributed by atoms with Crippen molar-refractivity contribution in [1.29, 1.82) is 0 Å².